The Morgan fingerprint density at radius 1 is 1.44 bits per heavy atom. The van der Waals surface area contributed by atoms with Crippen LogP contribution in [0.25, 0.3) is 11.0 Å². The van der Waals surface area contributed by atoms with Gasteiger partial charge >= 0.3 is 0 Å². The van der Waals surface area contributed by atoms with E-state index in [-0.39, 0.29) is 5.56 Å². The summed E-state index contributed by atoms with van der Waals surface area (Å²) in [5, 5.41) is 0.990. The molecule has 0 aliphatic heterocycles. The second-order valence-corrected chi connectivity index (χ2v) is 3.87. The predicted molar refractivity (Wildman–Crippen MR) is 65.7 cm³/mol. The number of allylic oxidation sites excluding steroid dienone is 1. The standard InChI is InChI=1S/C13H14N2O/c1-4-7-15-12(16)6-5-11-8-9(2)10(3)14-13(11)15/h4-6,8H,1,7H2,2-3H3. The van der Waals surface area contributed by atoms with E-state index in [0.29, 0.717) is 6.54 Å². The first-order valence-corrected chi connectivity index (χ1v) is 5.22. The number of hydrogen-bond acceptors (Lipinski definition) is 2. The molecule has 0 saturated heterocycles. The van der Waals surface area contributed by atoms with E-state index < -0.39 is 0 Å². The molecule has 0 atom stereocenters. The zero-order chi connectivity index (χ0) is 11.7. The van der Waals surface area contributed by atoms with Crippen LogP contribution >= 0.6 is 0 Å². The van der Waals surface area contributed by atoms with Crippen LogP contribution in [0.15, 0.2) is 35.6 Å². The highest BCUT2D eigenvalue weighted by Crippen LogP contribution is 2.14. The van der Waals surface area contributed by atoms with E-state index in [1.54, 1.807) is 16.7 Å². The van der Waals surface area contributed by atoms with E-state index in [9.17, 15) is 4.79 Å². The number of rotatable bonds is 2. The average molecular weight is 214 g/mol. The Morgan fingerprint density at radius 2 is 2.19 bits per heavy atom. The second kappa shape index (κ2) is 3.93. The lowest BCUT2D eigenvalue weighted by Gasteiger charge is -2.08. The zero-order valence-electron chi connectivity index (χ0n) is 9.53. The van der Waals surface area contributed by atoms with Gasteiger partial charge in [0.25, 0.3) is 5.56 Å². The van der Waals surface area contributed by atoms with Crippen molar-refractivity contribution >= 4 is 11.0 Å². The molecule has 82 valence electrons. The van der Waals surface area contributed by atoms with Gasteiger partial charge in [-0.25, -0.2) is 4.98 Å². The molecule has 0 spiro atoms. The third kappa shape index (κ3) is 1.65. The topological polar surface area (TPSA) is 34.9 Å². The summed E-state index contributed by atoms with van der Waals surface area (Å²) in [4.78, 5) is 16.2. The molecule has 0 N–H and O–H groups in total. The first-order valence-electron chi connectivity index (χ1n) is 5.22. The summed E-state index contributed by atoms with van der Waals surface area (Å²) in [5.74, 6) is 0. The maximum atomic E-state index is 11.7. The van der Waals surface area contributed by atoms with Crippen LogP contribution in [0.2, 0.25) is 0 Å². The van der Waals surface area contributed by atoms with Crippen molar-refractivity contribution in [2.45, 2.75) is 20.4 Å². The Balaban J connectivity index is 2.86. The number of hydrogen-bond donors (Lipinski definition) is 0. The van der Waals surface area contributed by atoms with Crippen molar-refractivity contribution in [1.82, 2.24) is 9.55 Å². The Kier molecular flexibility index (Phi) is 2.60. The van der Waals surface area contributed by atoms with Gasteiger partial charge in [-0.15, -0.1) is 6.58 Å². The second-order valence-electron chi connectivity index (χ2n) is 3.87. The minimum atomic E-state index is -0.0387. The third-order valence-corrected chi connectivity index (χ3v) is 2.71. The van der Waals surface area contributed by atoms with Crippen LogP contribution in [0, 0.1) is 13.8 Å². The number of nitrogens with zero attached hydrogens (tertiary/aromatic N) is 2. The summed E-state index contributed by atoms with van der Waals surface area (Å²) in [6, 6.07) is 5.44. The van der Waals surface area contributed by atoms with E-state index in [4.69, 9.17) is 0 Å². The summed E-state index contributed by atoms with van der Waals surface area (Å²) < 4.78 is 1.63. The van der Waals surface area contributed by atoms with Crippen molar-refractivity contribution in [1.29, 1.82) is 0 Å². The van der Waals surface area contributed by atoms with Gasteiger partial charge in [-0.1, -0.05) is 6.08 Å². The lowest BCUT2D eigenvalue weighted by molar-refractivity contribution is 0.803. The Bertz CT molecular complexity index is 611. The Hall–Kier alpha value is -1.90. The highest BCUT2D eigenvalue weighted by atomic mass is 16.1. The normalized spacial score (nSPS) is 10.6. The van der Waals surface area contributed by atoms with E-state index in [2.05, 4.69) is 17.6 Å². The van der Waals surface area contributed by atoms with Crippen LogP contribution in [0.4, 0.5) is 0 Å². The molecule has 0 aliphatic carbocycles. The number of aromatic nitrogens is 2. The van der Waals surface area contributed by atoms with Gasteiger partial charge in [0.15, 0.2) is 0 Å². The van der Waals surface area contributed by atoms with Crippen LogP contribution < -0.4 is 5.56 Å². The lowest BCUT2D eigenvalue weighted by atomic mass is 10.2. The molecular formula is C13H14N2O. The van der Waals surface area contributed by atoms with Gasteiger partial charge in [0.05, 0.1) is 0 Å². The number of pyridine rings is 2. The fourth-order valence-electron chi connectivity index (χ4n) is 1.71. The fraction of sp³-hybridized carbons (Fsp3) is 0.231. The van der Waals surface area contributed by atoms with Crippen molar-refractivity contribution in [3.63, 3.8) is 0 Å². The molecule has 2 heterocycles. The van der Waals surface area contributed by atoms with Gasteiger partial charge in [-0.3, -0.25) is 9.36 Å². The molecule has 0 aromatic carbocycles. The monoisotopic (exact) mass is 214 g/mol. The fourth-order valence-corrected chi connectivity index (χ4v) is 1.71. The smallest absolute Gasteiger partial charge is 0.252 e. The third-order valence-electron chi connectivity index (χ3n) is 2.71. The summed E-state index contributed by atoms with van der Waals surface area (Å²) in [6.45, 7) is 8.12. The molecule has 0 saturated carbocycles. The van der Waals surface area contributed by atoms with E-state index >= 15 is 0 Å². The first-order chi connectivity index (χ1) is 7.63. The minimum Gasteiger partial charge on any atom is -0.289 e. The minimum absolute atomic E-state index is 0.0387. The van der Waals surface area contributed by atoms with Gasteiger partial charge in [-0.05, 0) is 31.5 Å². The van der Waals surface area contributed by atoms with Crippen LogP contribution in [-0.2, 0) is 6.54 Å². The van der Waals surface area contributed by atoms with Crippen molar-refractivity contribution < 1.29 is 0 Å². The molecule has 2 rings (SSSR count). The van der Waals surface area contributed by atoms with Crippen molar-refractivity contribution in [2.75, 3.05) is 0 Å². The van der Waals surface area contributed by atoms with Gasteiger partial charge in [0.1, 0.15) is 5.65 Å². The zero-order valence-corrected chi connectivity index (χ0v) is 9.53. The van der Waals surface area contributed by atoms with Gasteiger partial charge in [-0.2, -0.15) is 0 Å². The summed E-state index contributed by atoms with van der Waals surface area (Å²) in [5.41, 5.74) is 2.78. The predicted octanol–water partition coefficient (Wildman–Crippen LogP) is 2.20. The Morgan fingerprint density at radius 3 is 2.88 bits per heavy atom. The Labute approximate surface area is 94.1 Å². The molecule has 0 amide bonds. The quantitative estimate of drug-likeness (QED) is 0.718. The summed E-state index contributed by atoms with van der Waals surface area (Å²) in [6.07, 6.45) is 1.71. The molecule has 3 nitrogen and oxygen atoms in total. The highest BCUT2D eigenvalue weighted by Gasteiger charge is 2.05. The van der Waals surface area contributed by atoms with E-state index in [1.165, 1.54) is 0 Å². The van der Waals surface area contributed by atoms with E-state index in [1.807, 2.05) is 19.9 Å². The van der Waals surface area contributed by atoms with Crippen molar-refractivity contribution in [2.24, 2.45) is 0 Å². The largest absolute Gasteiger partial charge is 0.289 e. The number of fused-ring (bicyclic) bond motifs is 1. The van der Waals surface area contributed by atoms with Gasteiger partial charge in [0, 0.05) is 23.7 Å². The maximum absolute atomic E-state index is 11.7. The van der Waals surface area contributed by atoms with Crippen molar-refractivity contribution in [3.8, 4) is 0 Å². The molecule has 0 radical (unpaired) electrons. The molecule has 2 aromatic heterocycles. The first kappa shape index (κ1) is 10.6. The van der Waals surface area contributed by atoms with Crippen LogP contribution in [0.1, 0.15) is 11.3 Å². The number of aryl methyl sites for hydroxylation is 2. The lowest BCUT2D eigenvalue weighted by Crippen LogP contribution is -2.19. The molecule has 0 fully saturated rings. The summed E-state index contributed by atoms with van der Waals surface area (Å²) >= 11 is 0. The molecule has 0 aliphatic rings. The van der Waals surface area contributed by atoms with Crippen LogP contribution in [-0.4, -0.2) is 9.55 Å². The molecule has 3 heteroatoms. The van der Waals surface area contributed by atoms with E-state index in [0.717, 1.165) is 22.3 Å². The molecule has 0 bridgehead atoms. The molecular weight excluding hydrogens is 200 g/mol. The molecule has 0 unspecified atom stereocenters. The van der Waals surface area contributed by atoms with Gasteiger partial charge in [0.2, 0.25) is 0 Å². The van der Waals surface area contributed by atoms with Crippen molar-refractivity contribution in [3.05, 3.63) is 52.5 Å². The molecule has 16 heavy (non-hydrogen) atoms. The molecule has 2 aromatic rings. The summed E-state index contributed by atoms with van der Waals surface area (Å²) in [7, 11) is 0. The maximum Gasteiger partial charge on any atom is 0.252 e. The van der Waals surface area contributed by atoms with Gasteiger partial charge < -0.3 is 0 Å². The average Bonchev–Trinajstić information content (AvgIpc) is 2.25. The van der Waals surface area contributed by atoms with Crippen LogP contribution in [0.3, 0.4) is 0 Å². The SMILES string of the molecule is C=CCn1c(=O)ccc2cc(C)c(C)nc21. The van der Waals surface area contributed by atoms with Crippen LogP contribution in [0.5, 0.6) is 0 Å². The highest BCUT2D eigenvalue weighted by molar-refractivity contribution is 5.76.